The largest absolute Gasteiger partial charge is 0.459 e. The molecule has 1 aliphatic rings. The fourth-order valence-corrected chi connectivity index (χ4v) is 4.68. The van der Waals surface area contributed by atoms with Gasteiger partial charge in [0.25, 0.3) is 0 Å². The van der Waals surface area contributed by atoms with Gasteiger partial charge >= 0.3 is 5.97 Å². The van der Waals surface area contributed by atoms with E-state index in [1.165, 1.54) is 32.2 Å². The Balaban J connectivity index is 2.41. The van der Waals surface area contributed by atoms with Gasteiger partial charge in [-0.15, -0.1) is 0 Å². The number of piperidine rings is 1. The van der Waals surface area contributed by atoms with Crippen molar-refractivity contribution in [1.82, 2.24) is 5.32 Å². The number of nitrogens with one attached hydrogen (secondary N) is 1. The van der Waals surface area contributed by atoms with Crippen molar-refractivity contribution in [2.75, 3.05) is 54.4 Å². The number of nitrogens with zero attached hydrogens (tertiary/aromatic N) is 2. The molecular weight excluding hydrogens is 350 g/mol. The summed E-state index contributed by atoms with van der Waals surface area (Å²) >= 11 is 0. The summed E-state index contributed by atoms with van der Waals surface area (Å²) in [6.07, 6.45) is 4.91. The molecule has 0 unspecified atom stereocenters. The van der Waals surface area contributed by atoms with E-state index in [1.807, 2.05) is 13.8 Å². The van der Waals surface area contributed by atoms with E-state index in [0.717, 1.165) is 22.1 Å². The van der Waals surface area contributed by atoms with Crippen LogP contribution in [0.2, 0.25) is 0 Å². The van der Waals surface area contributed by atoms with Crippen LogP contribution in [0, 0.1) is 5.92 Å². The van der Waals surface area contributed by atoms with Crippen LogP contribution in [0.25, 0.3) is 0 Å². The number of quaternary nitrogens is 2. The van der Waals surface area contributed by atoms with Gasteiger partial charge in [-0.25, -0.2) is 0 Å². The van der Waals surface area contributed by atoms with Crippen molar-refractivity contribution in [1.29, 1.82) is 0 Å². The number of unbranched alkanes of at least 4 members (excludes halogenated alkanes) is 1. The minimum absolute atomic E-state index is 0.0412. The fourth-order valence-electron chi connectivity index (χ4n) is 4.68. The molecule has 28 heavy (non-hydrogen) atoms. The van der Waals surface area contributed by atoms with E-state index in [9.17, 15) is 4.79 Å². The zero-order valence-electron chi connectivity index (χ0n) is 20.5. The Morgan fingerprint density at radius 3 is 1.96 bits per heavy atom. The molecule has 0 aliphatic carbocycles. The fraction of sp³-hybridized carbons (Fsp3) is 0.957. The second kappa shape index (κ2) is 9.44. The molecule has 5 nitrogen and oxygen atoms in total. The maximum Gasteiger partial charge on any atom is 0.308 e. The van der Waals surface area contributed by atoms with Crippen LogP contribution in [-0.4, -0.2) is 86.5 Å². The molecule has 0 aromatic heterocycles. The first kappa shape index (κ1) is 25.4. The van der Waals surface area contributed by atoms with Crippen LogP contribution in [0.3, 0.4) is 0 Å². The Morgan fingerprint density at radius 1 is 0.964 bits per heavy atom. The number of likely N-dealkylation sites (N-methyl/N-ethyl adjacent to an activating group) is 1. The predicted molar refractivity (Wildman–Crippen MR) is 118 cm³/mol. The summed E-state index contributed by atoms with van der Waals surface area (Å²) in [4.78, 5) is 11.6. The molecular formula is C23H49N3O2+2. The Kier molecular flexibility index (Phi) is 8.56. The lowest BCUT2D eigenvalue weighted by Gasteiger charge is -2.51. The predicted octanol–water partition coefficient (Wildman–Crippen LogP) is 3.43. The molecule has 1 saturated heterocycles. The summed E-state index contributed by atoms with van der Waals surface area (Å²) in [5, 5.41) is 3.81. The lowest BCUT2D eigenvalue weighted by Crippen LogP contribution is -2.65. The maximum absolute atomic E-state index is 11.6. The number of rotatable bonds is 10. The van der Waals surface area contributed by atoms with E-state index in [-0.39, 0.29) is 23.0 Å². The first-order valence-corrected chi connectivity index (χ1v) is 11.2. The number of ether oxygens (including phenoxy) is 1. The minimum Gasteiger partial charge on any atom is -0.459 e. The summed E-state index contributed by atoms with van der Waals surface area (Å²) in [6, 6.07) is 0.698. The van der Waals surface area contributed by atoms with E-state index in [2.05, 4.69) is 61.2 Å². The molecule has 0 amide bonds. The SMILES string of the molecule is CC(C)C(=O)OCC[N+](C)(C)CCCC[N+](C)(C)C1CC(C)(C)NC(C)(C)C1. The molecule has 1 rings (SSSR count). The van der Waals surface area contributed by atoms with E-state index in [0.29, 0.717) is 12.6 Å². The molecule has 1 N–H and O–H groups in total. The molecule has 5 heteroatoms. The lowest BCUT2D eigenvalue weighted by molar-refractivity contribution is -0.919. The Morgan fingerprint density at radius 2 is 1.46 bits per heavy atom. The lowest BCUT2D eigenvalue weighted by atomic mass is 9.78. The van der Waals surface area contributed by atoms with Crippen molar-refractivity contribution in [2.45, 2.75) is 84.3 Å². The normalized spacial score (nSPS) is 20.4. The van der Waals surface area contributed by atoms with Gasteiger partial charge in [0.2, 0.25) is 0 Å². The number of carbonyl (C=O) groups is 1. The third-order valence-electron chi connectivity index (χ3n) is 6.32. The van der Waals surface area contributed by atoms with Crippen molar-refractivity contribution >= 4 is 5.97 Å². The smallest absolute Gasteiger partial charge is 0.308 e. The maximum atomic E-state index is 11.6. The van der Waals surface area contributed by atoms with Gasteiger partial charge < -0.3 is 19.0 Å². The van der Waals surface area contributed by atoms with Crippen molar-refractivity contribution in [3.8, 4) is 0 Å². The molecule has 1 heterocycles. The van der Waals surface area contributed by atoms with Crippen molar-refractivity contribution in [2.24, 2.45) is 5.92 Å². The first-order valence-electron chi connectivity index (χ1n) is 11.2. The highest BCUT2D eigenvalue weighted by molar-refractivity contribution is 5.71. The highest BCUT2D eigenvalue weighted by Gasteiger charge is 2.44. The quantitative estimate of drug-likeness (QED) is 0.347. The minimum atomic E-state index is -0.0909. The van der Waals surface area contributed by atoms with E-state index in [4.69, 9.17) is 4.74 Å². The summed E-state index contributed by atoms with van der Waals surface area (Å²) < 4.78 is 7.37. The Labute approximate surface area is 175 Å². The second-order valence-electron chi connectivity index (χ2n) is 11.9. The van der Waals surface area contributed by atoms with Gasteiger partial charge in [0.15, 0.2) is 0 Å². The van der Waals surface area contributed by atoms with Crippen molar-refractivity contribution in [3.05, 3.63) is 0 Å². The molecule has 0 saturated carbocycles. The second-order valence-corrected chi connectivity index (χ2v) is 11.9. The van der Waals surface area contributed by atoms with E-state index in [1.54, 1.807) is 0 Å². The van der Waals surface area contributed by atoms with Crippen LogP contribution in [0.5, 0.6) is 0 Å². The molecule has 0 aromatic rings. The molecule has 0 aromatic carbocycles. The van der Waals surface area contributed by atoms with Gasteiger partial charge in [-0.1, -0.05) is 13.8 Å². The third-order valence-corrected chi connectivity index (χ3v) is 6.32. The molecule has 166 valence electrons. The molecule has 0 radical (unpaired) electrons. The van der Waals surface area contributed by atoms with E-state index >= 15 is 0 Å². The van der Waals surface area contributed by atoms with Gasteiger partial charge in [-0.3, -0.25) is 4.79 Å². The zero-order valence-corrected chi connectivity index (χ0v) is 20.5. The summed E-state index contributed by atoms with van der Waals surface area (Å²) in [5.74, 6) is -0.132. The summed E-state index contributed by atoms with van der Waals surface area (Å²) in [6.45, 7) is 16.9. The highest BCUT2D eigenvalue weighted by Crippen LogP contribution is 2.33. The van der Waals surface area contributed by atoms with Gasteiger partial charge in [-0.05, 0) is 27.7 Å². The number of carbonyl (C=O) groups excluding carboxylic acids is 1. The zero-order chi connectivity index (χ0) is 21.8. The summed E-state index contributed by atoms with van der Waals surface area (Å²) in [7, 11) is 9.29. The average molecular weight is 400 g/mol. The molecule has 1 fully saturated rings. The topological polar surface area (TPSA) is 38.3 Å². The van der Waals surface area contributed by atoms with Gasteiger partial charge in [0, 0.05) is 36.8 Å². The third kappa shape index (κ3) is 8.79. The molecule has 0 bridgehead atoms. The van der Waals surface area contributed by atoms with Crippen LogP contribution in [-0.2, 0) is 9.53 Å². The van der Waals surface area contributed by atoms with Crippen LogP contribution in [0.4, 0.5) is 0 Å². The standard InChI is InChI=1S/C23H49N3O2/c1-19(2)21(27)28-16-15-25(7,8)13-11-12-14-26(9,10)20-17-22(3,4)24-23(5,6)18-20/h19-20,24H,11-18H2,1-10H3/q+2. The summed E-state index contributed by atoms with van der Waals surface area (Å²) in [5.41, 5.74) is 0.405. The average Bonchev–Trinajstić information content (AvgIpc) is 2.48. The van der Waals surface area contributed by atoms with Gasteiger partial charge in [-0.2, -0.15) is 0 Å². The Hall–Kier alpha value is -0.650. The Bertz CT molecular complexity index is 494. The van der Waals surface area contributed by atoms with Gasteiger partial charge in [0.1, 0.15) is 13.2 Å². The number of esters is 1. The number of hydrogen-bond donors (Lipinski definition) is 1. The molecule has 0 spiro atoms. The monoisotopic (exact) mass is 399 g/mol. The number of hydrogen-bond acceptors (Lipinski definition) is 3. The van der Waals surface area contributed by atoms with Crippen LogP contribution in [0.15, 0.2) is 0 Å². The van der Waals surface area contributed by atoms with Crippen LogP contribution >= 0.6 is 0 Å². The molecule has 1 aliphatic heterocycles. The van der Waals surface area contributed by atoms with Crippen molar-refractivity contribution < 1.29 is 18.5 Å². The molecule has 0 atom stereocenters. The first-order chi connectivity index (χ1) is 12.6. The van der Waals surface area contributed by atoms with Crippen LogP contribution in [0.1, 0.15) is 67.2 Å². The van der Waals surface area contributed by atoms with Crippen molar-refractivity contribution in [3.63, 3.8) is 0 Å². The van der Waals surface area contributed by atoms with Crippen LogP contribution < -0.4 is 5.32 Å². The van der Waals surface area contributed by atoms with E-state index < -0.39 is 0 Å². The highest BCUT2D eigenvalue weighted by atomic mass is 16.5. The van der Waals surface area contributed by atoms with Gasteiger partial charge in [0.05, 0.1) is 53.2 Å².